The zero-order valence-corrected chi connectivity index (χ0v) is 32.4. The Morgan fingerprint density at radius 3 is 0.758 bits per heavy atom. The van der Waals surface area contributed by atoms with Crippen molar-refractivity contribution in [2.45, 2.75) is 130 Å². The zero-order chi connectivity index (χ0) is 26.4. The second kappa shape index (κ2) is 13.5. The number of hydrogen-bond acceptors (Lipinski definition) is 2. The van der Waals surface area contributed by atoms with Crippen molar-refractivity contribution < 1.29 is 19.8 Å². The van der Waals surface area contributed by atoms with Gasteiger partial charge < -0.3 is 10.2 Å². The normalized spacial score (nSPS) is 20.4. The molecule has 196 valence electrons. The van der Waals surface area contributed by atoms with Gasteiger partial charge in [-0.15, -0.1) is 0 Å². The van der Waals surface area contributed by atoms with E-state index in [-0.39, 0.29) is 4.66 Å². The second-order valence-corrected chi connectivity index (χ2v) is 35.9. The molecule has 0 fully saturated rings. The highest BCUT2D eigenvalue weighted by molar-refractivity contribution is 6.87. The number of aliphatic carboxylic acids is 2. The molecule has 0 aromatic heterocycles. The fourth-order valence-corrected chi connectivity index (χ4v) is 41.7. The van der Waals surface area contributed by atoms with Crippen molar-refractivity contribution in [1.29, 1.82) is 0 Å². The first-order chi connectivity index (χ1) is 14.9. The highest BCUT2D eigenvalue weighted by Gasteiger charge is 2.68. The molecule has 0 saturated carbocycles. The lowest BCUT2D eigenvalue weighted by Gasteiger charge is -2.61. The van der Waals surface area contributed by atoms with E-state index in [4.69, 9.17) is 0 Å². The van der Waals surface area contributed by atoms with Crippen LogP contribution in [0.5, 0.6) is 0 Å². The smallest absolute Gasteiger partial charge is 0.302 e. The minimum absolute atomic E-state index is 0.333. The average molecular weight is 565 g/mol. The lowest BCUT2D eigenvalue weighted by atomic mass is 10.1. The summed E-state index contributed by atoms with van der Waals surface area (Å²) in [5.74, 6) is -1.13. The van der Waals surface area contributed by atoms with E-state index in [9.17, 15) is 19.8 Å². The summed E-state index contributed by atoms with van der Waals surface area (Å²) in [4.78, 5) is 27.4. The molecule has 33 heavy (non-hydrogen) atoms. The van der Waals surface area contributed by atoms with E-state index in [2.05, 4.69) is 83.1 Å². The lowest BCUT2D eigenvalue weighted by Crippen LogP contribution is -2.64. The van der Waals surface area contributed by atoms with Crippen molar-refractivity contribution in [3.05, 3.63) is 0 Å². The van der Waals surface area contributed by atoms with E-state index in [1.807, 2.05) is 0 Å². The maximum absolute atomic E-state index is 13.7. The van der Waals surface area contributed by atoms with Crippen molar-refractivity contribution in [2.24, 2.45) is 0 Å². The molecule has 0 rings (SSSR count). The molecule has 0 aliphatic rings. The Morgan fingerprint density at radius 2 is 0.636 bits per heavy atom. The van der Waals surface area contributed by atoms with Gasteiger partial charge in [0.05, 0.1) is 0 Å². The molecule has 4 nitrogen and oxygen atoms in total. The minimum Gasteiger partial charge on any atom is -0.481 e. The van der Waals surface area contributed by atoms with Crippen LogP contribution >= 0.6 is 0 Å². The summed E-state index contributed by atoms with van der Waals surface area (Å²) >= 11 is 0. The van der Waals surface area contributed by atoms with Gasteiger partial charge in [-0.1, -0.05) is 116 Å². The third kappa shape index (κ3) is 8.13. The molecule has 0 spiro atoms. The molecular weight excluding hydrogens is 509 g/mol. The molecule has 0 aliphatic carbocycles. The Hall–Kier alpha value is 0.241. The van der Waals surface area contributed by atoms with Crippen molar-refractivity contribution in [1.82, 2.24) is 0 Å². The highest BCUT2D eigenvalue weighted by atomic mass is 28.3. The summed E-state index contributed by atoms with van der Waals surface area (Å²) in [5.41, 5.74) is 2.53. The fourth-order valence-electron chi connectivity index (χ4n) is 7.21. The van der Waals surface area contributed by atoms with E-state index in [1.54, 1.807) is 0 Å². The van der Waals surface area contributed by atoms with Gasteiger partial charge in [-0.2, -0.15) is 0 Å². The summed E-state index contributed by atoms with van der Waals surface area (Å²) in [5, 5.41) is 22.5. The van der Waals surface area contributed by atoms with Gasteiger partial charge >= 0.3 is 11.9 Å². The van der Waals surface area contributed by atoms with Crippen molar-refractivity contribution >= 4 is 69.1 Å². The molecular formula is C23H56O4Si6. The summed E-state index contributed by atoms with van der Waals surface area (Å²) in [6, 6.07) is 0. The predicted molar refractivity (Wildman–Crippen MR) is 165 cm³/mol. The first-order valence-electron chi connectivity index (χ1n) is 13.4. The molecule has 0 unspecified atom stereocenters. The topological polar surface area (TPSA) is 74.6 Å². The predicted octanol–water partition coefficient (Wildman–Crippen LogP) is 2.49. The second-order valence-electron chi connectivity index (χ2n) is 13.4. The maximum atomic E-state index is 13.7. The van der Waals surface area contributed by atoms with E-state index in [1.165, 1.54) is 0 Å². The summed E-state index contributed by atoms with van der Waals surface area (Å²) in [6.07, 6.45) is 0. The Bertz CT molecular complexity index is 560. The first-order valence-corrected chi connectivity index (χ1v) is 22.5. The molecule has 2 N–H and O–H groups in total. The summed E-state index contributed by atoms with van der Waals surface area (Å²) in [6.45, 7) is 26.9. The molecule has 0 amide bonds. The van der Waals surface area contributed by atoms with E-state index in [0.29, 0.717) is 33.2 Å². The van der Waals surface area contributed by atoms with Crippen LogP contribution in [0.2, 0.25) is 47.2 Å². The molecule has 0 aromatic rings. The largest absolute Gasteiger partial charge is 0.481 e. The van der Waals surface area contributed by atoms with Crippen molar-refractivity contribution in [3.63, 3.8) is 0 Å². The summed E-state index contributed by atoms with van der Waals surface area (Å²) < 4.78 is -1.60. The number of carboxylic acids is 2. The fraction of sp³-hybridized carbons (Fsp3) is 0.913. The van der Waals surface area contributed by atoms with Gasteiger partial charge in [0.25, 0.3) is 0 Å². The van der Waals surface area contributed by atoms with Crippen molar-refractivity contribution in [2.75, 3.05) is 0 Å². The van der Waals surface area contributed by atoms with Crippen LogP contribution in [0, 0.1) is 0 Å². The van der Waals surface area contributed by atoms with Gasteiger partial charge in [-0.05, 0) is 4.66 Å². The zero-order valence-electron chi connectivity index (χ0n) is 23.9. The molecule has 0 bridgehead atoms. The third-order valence-electron chi connectivity index (χ3n) is 7.19. The molecule has 0 aromatic carbocycles. The van der Waals surface area contributed by atoms with Crippen LogP contribution in [0.4, 0.5) is 0 Å². The van der Waals surface area contributed by atoms with Crippen LogP contribution in [0.15, 0.2) is 0 Å². The van der Waals surface area contributed by atoms with Crippen molar-refractivity contribution in [3.8, 4) is 0 Å². The number of carbonyl (C=O) groups is 2. The molecule has 0 saturated heterocycles. The number of hydrogen-bond donors (Lipinski definition) is 2. The number of carboxylic acid groups (broad SMARTS) is 2. The minimum atomic E-state index is -0.994. The SMILES string of the molecule is CC(C)[SiH2]C([SiH2]C(C)C)(C(=O)O)C([SiH2]C(C)C)([SiH2]C(C)C)C([SiH2]C(C)C)([SiH2]C(C)C)C(=O)O. The highest BCUT2D eigenvalue weighted by Crippen LogP contribution is 2.68. The van der Waals surface area contributed by atoms with E-state index < -0.39 is 78.4 Å². The molecule has 0 aliphatic heterocycles. The van der Waals surface area contributed by atoms with E-state index in [0.717, 1.165) is 0 Å². The van der Waals surface area contributed by atoms with Gasteiger partial charge in [-0.25, -0.2) is 0 Å². The monoisotopic (exact) mass is 564 g/mol. The quantitative estimate of drug-likeness (QED) is 0.283. The standard InChI is InChI=1S/C23H56O4Si6/c1-13(2)28-21(19(24)25,29-14(3)4)23(32-17(9)10,33-18(11)12)22(20(26)27,30-15(5)6)31-16(7)8/h13-18H,28-33H2,1-12H3,(H,24,25)(H,26,27). The van der Waals surface area contributed by atoms with Gasteiger partial charge in [0.15, 0.2) is 0 Å². The van der Waals surface area contributed by atoms with Crippen LogP contribution in [-0.4, -0.2) is 79.3 Å². The van der Waals surface area contributed by atoms with Crippen LogP contribution < -0.4 is 0 Å². The van der Waals surface area contributed by atoms with Crippen LogP contribution in [0.25, 0.3) is 0 Å². The maximum Gasteiger partial charge on any atom is 0.302 e. The van der Waals surface area contributed by atoms with Gasteiger partial charge in [-0.3, -0.25) is 9.59 Å². The molecule has 0 atom stereocenters. The van der Waals surface area contributed by atoms with Gasteiger partial charge in [0, 0.05) is 66.4 Å². The Balaban J connectivity index is 7.96. The van der Waals surface area contributed by atoms with Crippen LogP contribution in [0.1, 0.15) is 83.1 Å². The van der Waals surface area contributed by atoms with Gasteiger partial charge in [0.2, 0.25) is 0 Å². The molecule has 0 heterocycles. The Morgan fingerprint density at radius 1 is 0.455 bits per heavy atom. The first kappa shape index (κ1) is 33.2. The molecule has 10 heteroatoms. The van der Waals surface area contributed by atoms with Crippen LogP contribution in [0.3, 0.4) is 0 Å². The van der Waals surface area contributed by atoms with E-state index >= 15 is 0 Å². The van der Waals surface area contributed by atoms with Gasteiger partial charge in [0.1, 0.15) is 0 Å². The van der Waals surface area contributed by atoms with Crippen LogP contribution in [-0.2, 0) is 9.59 Å². The third-order valence-corrected chi connectivity index (χ3v) is 32.1. The average Bonchev–Trinajstić information content (AvgIpc) is 2.56. The molecule has 0 radical (unpaired) electrons. The lowest BCUT2D eigenvalue weighted by molar-refractivity contribution is -0.141. The Kier molecular flexibility index (Phi) is 13.6. The Labute approximate surface area is 218 Å². The number of rotatable bonds is 16. The summed E-state index contributed by atoms with van der Waals surface area (Å²) in [7, 11) is -5.81.